The number of amides is 1. The highest BCUT2D eigenvalue weighted by molar-refractivity contribution is 7.19. The zero-order valence-corrected chi connectivity index (χ0v) is 16.9. The molecule has 0 spiro atoms. The molecule has 0 aliphatic carbocycles. The Hall–Kier alpha value is -3.78. The summed E-state index contributed by atoms with van der Waals surface area (Å²) >= 11 is 1.46. The third kappa shape index (κ3) is 3.99. The van der Waals surface area contributed by atoms with Crippen LogP contribution >= 0.6 is 11.3 Å². The lowest BCUT2D eigenvalue weighted by Crippen LogP contribution is -2.30. The van der Waals surface area contributed by atoms with E-state index in [4.69, 9.17) is 0 Å². The molecule has 0 aliphatic heterocycles. The fraction of sp³-hybridized carbons (Fsp3) is 0.0909. The number of nitrogens with one attached hydrogen (secondary N) is 1. The van der Waals surface area contributed by atoms with Gasteiger partial charge >= 0.3 is 0 Å². The summed E-state index contributed by atoms with van der Waals surface area (Å²) < 4.78 is 1.28. The van der Waals surface area contributed by atoms with E-state index in [1.54, 1.807) is 12.1 Å². The van der Waals surface area contributed by atoms with Crippen LogP contribution in [0.2, 0.25) is 0 Å². The third-order valence-electron chi connectivity index (χ3n) is 4.53. The van der Waals surface area contributed by atoms with E-state index in [1.807, 2.05) is 37.3 Å². The molecule has 2 heterocycles. The summed E-state index contributed by atoms with van der Waals surface area (Å²) in [5, 5.41) is 13.7. The van der Waals surface area contributed by atoms with Crippen LogP contribution in [-0.2, 0) is 11.3 Å². The van der Waals surface area contributed by atoms with Crippen LogP contribution in [0.1, 0.15) is 10.4 Å². The van der Waals surface area contributed by atoms with Crippen molar-refractivity contribution in [2.24, 2.45) is 5.10 Å². The van der Waals surface area contributed by atoms with Gasteiger partial charge in [0.15, 0.2) is 0 Å². The van der Waals surface area contributed by atoms with Crippen molar-refractivity contribution in [3.8, 4) is 16.9 Å². The van der Waals surface area contributed by atoms with Gasteiger partial charge in [0.05, 0.1) is 17.9 Å². The summed E-state index contributed by atoms with van der Waals surface area (Å²) in [7, 11) is 0. The van der Waals surface area contributed by atoms with Crippen LogP contribution in [0.25, 0.3) is 21.3 Å². The van der Waals surface area contributed by atoms with Gasteiger partial charge in [0.2, 0.25) is 0 Å². The predicted octanol–water partition coefficient (Wildman–Crippen LogP) is 3.29. The molecule has 0 saturated heterocycles. The molecule has 2 aromatic heterocycles. The van der Waals surface area contributed by atoms with E-state index in [-0.39, 0.29) is 17.9 Å². The van der Waals surface area contributed by atoms with Crippen molar-refractivity contribution >= 4 is 33.7 Å². The molecule has 0 radical (unpaired) electrons. The van der Waals surface area contributed by atoms with Gasteiger partial charge in [-0.25, -0.2) is 10.4 Å². The molecule has 150 valence electrons. The summed E-state index contributed by atoms with van der Waals surface area (Å²) in [6, 6.07) is 16.1. The molecule has 0 aliphatic rings. The number of hydrazone groups is 1. The molecule has 0 saturated carbocycles. The fourth-order valence-electron chi connectivity index (χ4n) is 3.13. The fourth-order valence-corrected chi connectivity index (χ4v) is 4.14. The maximum atomic E-state index is 13.1. The minimum absolute atomic E-state index is 0.150. The Morgan fingerprint density at radius 1 is 1.20 bits per heavy atom. The Morgan fingerprint density at radius 2 is 1.93 bits per heavy atom. The second kappa shape index (κ2) is 8.30. The number of hydrogen-bond donors (Lipinski definition) is 2. The maximum Gasteiger partial charge on any atom is 0.263 e. The minimum Gasteiger partial charge on any atom is -0.508 e. The van der Waals surface area contributed by atoms with Crippen molar-refractivity contribution in [3.63, 3.8) is 0 Å². The number of carbonyl (C=O) groups is 1. The molecule has 0 fully saturated rings. The largest absolute Gasteiger partial charge is 0.508 e. The van der Waals surface area contributed by atoms with Crippen molar-refractivity contribution in [3.05, 3.63) is 81.7 Å². The lowest BCUT2D eigenvalue weighted by Gasteiger charge is -2.06. The number of benzene rings is 2. The van der Waals surface area contributed by atoms with E-state index >= 15 is 0 Å². The number of aryl methyl sites for hydroxylation is 1. The first kappa shape index (κ1) is 19.5. The van der Waals surface area contributed by atoms with Crippen molar-refractivity contribution in [2.75, 3.05) is 0 Å². The van der Waals surface area contributed by atoms with Gasteiger partial charge < -0.3 is 5.11 Å². The van der Waals surface area contributed by atoms with Crippen molar-refractivity contribution in [1.82, 2.24) is 15.0 Å². The van der Waals surface area contributed by atoms with Crippen LogP contribution in [0.15, 0.2) is 70.8 Å². The number of fused-ring (bicyclic) bond motifs is 1. The van der Waals surface area contributed by atoms with Gasteiger partial charge in [0.1, 0.15) is 17.1 Å². The Morgan fingerprint density at radius 3 is 2.67 bits per heavy atom. The highest BCUT2D eigenvalue weighted by Crippen LogP contribution is 2.35. The Labute approximate surface area is 176 Å². The van der Waals surface area contributed by atoms with E-state index in [9.17, 15) is 14.7 Å². The van der Waals surface area contributed by atoms with E-state index in [1.165, 1.54) is 40.6 Å². The van der Waals surface area contributed by atoms with Crippen LogP contribution in [0.5, 0.6) is 5.75 Å². The van der Waals surface area contributed by atoms with Gasteiger partial charge in [-0.15, -0.1) is 11.3 Å². The topological polar surface area (TPSA) is 96.6 Å². The zero-order valence-electron chi connectivity index (χ0n) is 16.1. The second-order valence-corrected chi connectivity index (χ2v) is 7.84. The summed E-state index contributed by atoms with van der Waals surface area (Å²) in [4.78, 5) is 31.4. The summed E-state index contributed by atoms with van der Waals surface area (Å²) in [5.41, 5.74) is 4.66. The number of phenols is 1. The molecule has 2 aromatic carbocycles. The minimum atomic E-state index is -0.443. The number of hydrogen-bond acceptors (Lipinski definition) is 6. The van der Waals surface area contributed by atoms with Crippen molar-refractivity contribution in [2.45, 2.75) is 13.5 Å². The first-order chi connectivity index (χ1) is 14.5. The quantitative estimate of drug-likeness (QED) is 0.384. The Bertz CT molecular complexity index is 1290. The van der Waals surface area contributed by atoms with Gasteiger partial charge in [0, 0.05) is 10.4 Å². The summed E-state index contributed by atoms with van der Waals surface area (Å²) in [6.07, 6.45) is 2.84. The van der Waals surface area contributed by atoms with Gasteiger partial charge in [-0.1, -0.05) is 30.3 Å². The van der Waals surface area contributed by atoms with Crippen molar-refractivity contribution in [1.29, 1.82) is 0 Å². The SMILES string of the molecule is Cc1sc2ncn(CC(=O)N/N=C/c3ccc(O)cc3)c(=O)c2c1-c1ccccc1. The molecule has 4 rings (SSSR count). The molecular formula is C22H18N4O3S. The summed E-state index contributed by atoms with van der Waals surface area (Å²) in [5.74, 6) is -0.293. The molecule has 0 atom stereocenters. The average molecular weight is 418 g/mol. The predicted molar refractivity (Wildman–Crippen MR) is 118 cm³/mol. The molecule has 2 N–H and O–H groups in total. The number of phenolic OH excluding ortho intramolecular Hbond substituents is 1. The average Bonchev–Trinajstić information content (AvgIpc) is 3.09. The molecule has 8 heteroatoms. The van der Waals surface area contributed by atoms with E-state index in [0.717, 1.165) is 21.6 Å². The Balaban J connectivity index is 1.57. The summed E-state index contributed by atoms with van der Waals surface area (Å²) in [6.45, 7) is 1.76. The number of aromatic nitrogens is 2. The Kier molecular flexibility index (Phi) is 5.40. The molecule has 7 nitrogen and oxygen atoms in total. The first-order valence-corrected chi connectivity index (χ1v) is 9.99. The zero-order chi connectivity index (χ0) is 21.1. The third-order valence-corrected chi connectivity index (χ3v) is 5.54. The van der Waals surface area contributed by atoms with E-state index in [2.05, 4.69) is 15.5 Å². The molecule has 0 bridgehead atoms. The van der Waals surface area contributed by atoms with Gasteiger partial charge in [-0.2, -0.15) is 5.10 Å². The van der Waals surface area contributed by atoms with Crippen LogP contribution < -0.4 is 11.0 Å². The maximum absolute atomic E-state index is 13.1. The van der Waals surface area contributed by atoms with E-state index in [0.29, 0.717) is 10.2 Å². The van der Waals surface area contributed by atoms with Crippen molar-refractivity contribution < 1.29 is 9.90 Å². The highest BCUT2D eigenvalue weighted by atomic mass is 32.1. The monoisotopic (exact) mass is 418 g/mol. The normalized spacial score (nSPS) is 11.2. The van der Waals surface area contributed by atoms with Crippen LogP contribution in [0.3, 0.4) is 0 Å². The standard InChI is InChI=1S/C22H18N4O3S/c1-14-19(16-5-3-2-4-6-16)20-21(30-14)23-13-26(22(20)29)12-18(28)25-24-11-15-7-9-17(27)10-8-15/h2-11,13,27H,12H2,1H3,(H,25,28)/b24-11+. The number of nitrogens with zero attached hydrogens (tertiary/aromatic N) is 3. The lowest BCUT2D eigenvalue weighted by molar-refractivity contribution is -0.121. The molecule has 0 unspecified atom stereocenters. The smallest absolute Gasteiger partial charge is 0.263 e. The number of rotatable bonds is 5. The van der Waals surface area contributed by atoms with Gasteiger partial charge in [-0.05, 0) is 42.3 Å². The number of thiophene rings is 1. The molecule has 1 amide bonds. The number of carbonyl (C=O) groups excluding carboxylic acids is 1. The highest BCUT2D eigenvalue weighted by Gasteiger charge is 2.17. The second-order valence-electron chi connectivity index (χ2n) is 6.64. The molecule has 4 aromatic rings. The van der Waals surface area contributed by atoms with Gasteiger partial charge in [0.25, 0.3) is 11.5 Å². The lowest BCUT2D eigenvalue weighted by atomic mass is 10.0. The number of aromatic hydroxyl groups is 1. The van der Waals surface area contributed by atoms with Crippen LogP contribution in [-0.4, -0.2) is 26.8 Å². The van der Waals surface area contributed by atoms with Gasteiger partial charge in [-0.3, -0.25) is 14.2 Å². The molecule has 30 heavy (non-hydrogen) atoms. The first-order valence-electron chi connectivity index (χ1n) is 9.18. The van der Waals surface area contributed by atoms with Crippen LogP contribution in [0, 0.1) is 6.92 Å². The van der Waals surface area contributed by atoms with E-state index < -0.39 is 5.91 Å². The van der Waals surface area contributed by atoms with Crippen LogP contribution in [0.4, 0.5) is 0 Å². The molecular weight excluding hydrogens is 400 g/mol.